The van der Waals surface area contributed by atoms with Crippen molar-refractivity contribution in [2.75, 3.05) is 13.1 Å². The van der Waals surface area contributed by atoms with E-state index in [1.807, 2.05) is 0 Å². The molecule has 0 amide bonds. The summed E-state index contributed by atoms with van der Waals surface area (Å²) < 4.78 is 0. The minimum Gasteiger partial charge on any atom is -0.371 e. The topological polar surface area (TPSA) is 55.6 Å². The fourth-order valence-electron chi connectivity index (χ4n) is 0.911. The van der Waals surface area contributed by atoms with Crippen molar-refractivity contribution < 1.29 is 9.63 Å². The van der Waals surface area contributed by atoms with Crippen molar-refractivity contribution in [1.82, 2.24) is 5.06 Å². The lowest BCUT2D eigenvalue weighted by Crippen LogP contribution is -2.26. The van der Waals surface area contributed by atoms with Crippen molar-refractivity contribution in [2.45, 2.75) is 12.5 Å². The molecule has 1 rings (SSSR count). The van der Waals surface area contributed by atoms with Crippen molar-refractivity contribution in [1.29, 1.82) is 0 Å². The summed E-state index contributed by atoms with van der Waals surface area (Å²) in [4.78, 5) is 14.3. The molecule has 1 atom stereocenters. The van der Waals surface area contributed by atoms with Gasteiger partial charge in [-0.3, -0.25) is 4.79 Å². The number of carbonyl (C=O) groups excluding carboxylic acids is 1. The van der Waals surface area contributed by atoms with Crippen LogP contribution in [-0.4, -0.2) is 30.7 Å². The first-order valence-corrected chi connectivity index (χ1v) is 2.94. The fourth-order valence-corrected chi connectivity index (χ4v) is 0.911. The van der Waals surface area contributed by atoms with E-state index < -0.39 is 0 Å². The van der Waals surface area contributed by atoms with Gasteiger partial charge in [-0.1, -0.05) is 0 Å². The molecule has 1 aliphatic heterocycles. The van der Waals surface area contributed by atoms with Gasteiger partial charge in [-0.05, 0) is 6.42 Å². The van der Waals surface area contributed by atoms with Gasteiger partial charge in [-0.15, -0.1) is 5.06 Å². The Morgan fingerprint density at radius 1 is 1.78 bits per heavy atom. The van der Waals surface area contributed by atoms with E-state index in [0.717, 1.165) is 13.0 Å². The number of hydroxylamine groups is 2. The first-order chi connectivity index (χ1) is 4.33. The molecule has 0 spiro atoms. The van der Waals surface area contributed by atoms with Crippen LogP contribution in [0, 0.1) is 0 Å². The van der Waals surface area contributed by atoms with Gasteiger partial charge in [0.15, 0.2) is 0 Å². The molecule has 1 aliphatic rings. The summed E-state index contributed by atoms with van der Waals surface area (Å²) in [6.07, 6.45) is 0.911. The highest BCUT2D eigenvalue weighted by molar-refractivity contribution is 5.36. The zero-order valence-corrected chi connectivity index (χ0v) is 5.12. The van der Waals surface area contributed by atoms with Crippen molar-refractivity contribution in [2.24, 2.45) is 5.73 Å². The summed E-state index contributed by atoms with van der Waals surface area (Å²) in [5.74, 6) is 0. The van der Waals surface area contributed by atoms with Gasteiger partial charge in [0.1, 0.15) is 0 Å². The molecular weight excluding hydrogens is 120 g/mol. The number of hydrogen-bond acceptors (Lipinski definition) is 4. The third-order valence-electron chi connectivity index (χ3n) is 1.38. The Balaban J connectivity index is 2.21. The monoisotopic (exact) mass is 130 g/mol. The van der Waals surface area contributed by atoms with Crippen molar-refractivity contribution in [3.05, 3.63) is 0 Å². The third-order valence-corrected chi connectivity index (χ3v) is 1.38. The molecule has 2 N–H and O–H groups in total. The molecule has 1 heterocycles. The summed E-state index contributed by atoms with van der Waals surface area (Å²) in [6.45, 7) is 1.86. The van der Waals surface area contributed by atoms with E-state index in [1.54, 1.807) is 5.06 Å². The van der Waals surface area contributed by atoms with E-state index in [9.17, 15) is 4.79 Å². The molecule has 0 aromatic heterocycles. The average Bonchev–Trinajstić information content (AvgIpc) is 2.17. The molecule has 0 aromatic rings. The summed E-state index contributed by atoms with van der Waals surface area (Å²) >= 11 is 0. The van der Waals surface area contributed by atoms with Gasteiger partial charge in [0.25, 0.3) is 0 Å². The molecule has 1 fully saturated rings. The van der Waals surface area contributed by atoms with Crippen LogP contribution in [0.3, 0.4) is 0 Å². The minimum absolute atomic E-state index is 0.171. The van der Waals surface area contributed by atoms with Gasteiger partial charge < -0.3 is 10.6 Å². The molecule has 0 aromatic carbocycles. The van der Waals surface area contributed by atoms with Crippen LogP contribution in [0.15, 0.2) is 0 Å². The second-order valence-electron chi connectivity index (χ2n) is 2.14. The van der Waals surface area contributed by atoms with E-state index in [-0.39, 0.29) is 6.04 Å². The maximum atomic E-state index is 9.76. The molecule has 1 saturated heterocycles. The summed E-state index contributed by atoms with van der Waals surface area (Å²) in [6, 6.07) is 0.171. The Morgan fingerprint density at radius 3 is 3.00 bits per heavy atom. The highest BCUT2D eigenvalue weighted by atomic mass is 16.7. The van der Waals surface area contributed by atoms with Gasteiger partial charge in [-0.25, -0.2) is 0 Å². The zero-order valence-electron chi connectivity index (χ0n) is 5.12. The van der Waals surface area contributed by atoms with Gasteiger partial charge in [0.05, 0.1) is 6.54 Å². The highest BCUT2D eigenvalue weighted by Crippen LogP contribution is 2.05. The summed E-state index contributed by atoms with van der Waals surface area (Å²) in [7, 11) is 0. The van der Waals surface area contributed by atoms with Crippen LogP contribution in [0.4, 0.5) is 0 Å². The number of hydrogen-bond donors (Lipinski definition) is 1. The van der Waals surface area contributed by atoms with E-state index in [4.69, 9.17) is 5.73 Å². The molecule has 1 unspecified atom stereocenters. The number of carbonyl (C=O) groups is 1. The minimum atomic E-state index is 0.171. The van der Waals surface area contributed by atoms with Gasteiger partial charge in [0.2, 0.25) is 0 Å². The molecule has 4 heteroatoms. The van der Waals surface area contributed by atoms with E-state index in [2.05, 4.69) is 4.84 Å². The van der Waals surface area contributed by atoms with Crippen LogP contribution in [0.1, 0.15) is 6.42 Å². The zero-order chi connectivity index (χ0) is 6.69. The van der Waals surface area contributed by atoms with Crippen molar-refractivity contribution in [3.63, 3.8) is 0 Å². The van der Waals surface area contributed by atoms with Crippen LogP contribution in [-0.2, 0) is 9.63 Å². The summed E-state index contributed by atoms with van der Waals surface area (Å²) in [5.41, 5.74) is 5.52. The largest absolute Gasteiger partial charge is 0.371 e. The lowest BCUT2D eigenvalue weighted by Gasteiger charge is -2.09. The predicted molar refractivity (Wildman–Crippen MR) is 31.3 cm³/mol. The van der Waals surface area contributed by atoms with E-state index in [1.165, 1.54) is 0 Å². The fraction of sp³-hybridized carbons (Fsp3) is 0.800. The predicted octanol–water partition coefficient (Wildman–Crippen LogP) is -0.893. The Morgan fingerprint density at radius 2 is 2.56 bits per heavy atom. The van der Waals surface area contributed by atoms with Crippen LogP contribution in [0.2, 0.25) is 0 Å². The molecular formula is C5H10N2O2. The maximum absolute atomic E-state index is 9.76. The van der Waals surface area contributed by atoms with Crippen molar-refractivity contribution >= 4 is 6.47 Å². The molecule has 4 nitrogen and oxygen atoms in total. The smallest absolute Gasteiger partial charge is 0.312 e. The quantitative estimate of drug-likeness (QED) is 0.492. The molecule has 9 heavy (non-hydrogen) atoms. The maximum Gasteiger partial charge on any atom is 0.312 e. The van der Waals surface area contributed by atoms with Gasteiger partial charge in [0, 0.05) is 12.6 Å². The lowest BCUT2D eigenvalue weighted by molar-refractivity contribution is -0.168. The van der Waals surface area contributed by atoms with Gasteiger partial charge in [-0.2, -0.15) is 0 Å². The normalized spacial score (nSPS) is 28.3. The number of nitrogens with two attached hydrogens (primary N) is 1. The average molecular weight is 130 g/mol. The van der Waals surface area contributed by atoms with Crippen LogP contribution in [0.25, 0.3) is 0 Å². The van der Waals surface area contributed by atoms with Crippen LogP contribution >= 0.6 is 0 Å². The molecule has 0 bridgehead atoms. The van der Waals surface area contributed by atoms with Crippen LogP contribution < -0.4 is 5.73 Å². The van der Waals surface area contributed by atoms with Crippen LogP contribution in [0.5, 0.6) is 0 Å². The Hall–Kier alpha value is -0.610. The standard InChI is InChI=1S/C5H10N2O2/c6-5-1-2-7(3-5)9-4-8/h4-5H,1-3,6H2. The molecule has 0 saturated carbocycles. The Labute approximate surface area is 53.5 Å². The van der Waals surface area contributed by atoms with E-state index in [0.29, 0.717) is 13.0 Å². The summed E-state index contributed by atoms with van der Waals surface area (Å²) in [5, 5.41) is 1.57. The Bertz CT molecular complexity index is 107. The Kier molecular flexibility index (Phi) is 2.02. The number of nitrogens with zero attached hydrogens (tertiary/aromatic N) is 1. The molecule has 0 aliphatic carbocycles. The third kappa shape index (κ3) is 1.65. The van der Waals surface area contributed by atoms with Crippen molar-refractivity contribution in [3.8, 4) is 0 Å². The lowest BCUT2D eigenvalue weighted by atomic mass is 10.3. The second-order valence-corrected chi connectivity index (χ2v) is 2.14. The van der Waals surface area contributed by atoms with Gasteiger partial charge >= 0.3 is 6.47 Å². The van der Waals surface area contributed by atoms with E-state index >= 15 is 0 Å². The second kappa shape index (κ2) is 2.80. The first kappa shape index (κ1) is 6.51. The molecule has 52 valence electrons. The SMILES string of the molecule is NC1CCN(OC=O)C1. The highest BCUT2D eigenvalue weighted by Gasteiger charge is 2.19. The number of rotatable bonds is 2. The molecule has 0 radical (unpaired) electrons. The first-order valence-electron chi connectivity index (χ1n) is 2.94.